The molecule has 7 nitrogen and oxygen atoms in total. The summed E-state index contributed by atoms with van der Waals surface area (Å²) in [6.45, 7) is 3.10. The number of ether oxygens (including phenoxy) is 1. The third-order valence-electron chi connectivity index (χ3n) is 4.37. The van der Waals surface area contributed by atoms with E-state index < -0.39 is 0 Å². The van der Waals surface area contributed by atoms with Crippen molar-refractivity contribution in [1.29, 1.82) is 0 Å². The van der Waals surface area contributed by atoms with E-state index in [0.717, 1.165) is 37.1 Å². The Morgan fingerprint density at radius 3 is 3.00 bits per heavy atom. The lowest BCUT2D eigenvalue weighted by Gasteiger charge is -2.34. The lowest BCUT2D eigenvalue weighted by atomic mass is 10.0. The van der Waals surface area contributed by atoms with Gasteiger partial charge in [0.1, 0.15) is 12.3 Å². The predicted molar refractivity (Wildman–Crippen MR) is 84.9 cm³/mol. The number of piperidine rings is 1. The van der Waals surface area contributed by atoms with E-state index in [9.17, 15) is 4.79 Å². The van der Waals surface area contributed by atoms with Crippen molar-refractivity contribution in [3.8, 4) is 0 Å². The Labute approximate surface area is 135 Å². The number of aromatic nitrogens is 4. The highest BCUT2D eigenvalue weighted by atomic mass is 16.5. The molecule has 0 saturated carbocycles. The van der Waals surface area contributed by atoms with Crippen LogP contribution in [0.25, 0.3) is 0 Å². The number of carbonyl (C=O) groups is 1. The van der Waals surface area contributed by atoms with E-state index in [1.165, 1.54) is 0 Å². The van der Waals surface area contributed by atoms with E-state index in [4.69, 9.17) is 4.74 Å². The summed E-state index contributed by atoms with van der Waals surface area (Å²) in [4.78, 5) is 19.4. The van der Waals surface area contributed by atoms with Crippen LogP contribution in [0, 0.1) is 6.92 Å². The largest absolute Gasteiger partial charge is 0.377 e. The molecule has 3 heterocycles. The lowest BCUT2D eigenvalue weighted by Crippen LogP contribution is -2.40. The van der Waals surface area contributed by atoms with Gasteiger partial charge in [-0.15, -0.1) is 0 Å². The summed E-state index contributed by atoms with van der Waals surface area (Å²) in [5.41, 5.74) is 1.74. The topological polar surface area (TPSA) is 76.0 Å². The third kappa shape index (κ3) is 3.01. The Kier molecular flexibility index (Phi) is 4.47. The van der Waals surface area contributed by atoms with Crippen LogP contribution in [-0.4, -0.2) is 44.2 Å². The molecule has 0 unspecified atom stereocenters. The number of carbonyl (C=O) groups excluding carboxylic acids is 1. The normalized spacial score (nSPS) is 18.4. The number of amides is 1. The Morgan fingerprint density at radius 2 is 2.30 bits per heavy atom. The Bertz CT molecular complexity index is 671. The number of likely N-dealkylation sites (tertiary alicyclic amines) is 1. The average molecular weight is 317 g/mol. The zero-order valence-electron chi connectivity index (χ0n) is 13.9. The standard InChI is InChI=1S/C16H23N5O2/c1-11-7-9-20(2)14(11)16(22)21-8-5-4-6-12(21)15-17-13(10-23-3)18-19-15/h7,9,12H,4-6,8,10H2,1-3H3,(H,17,18,19)/t12-/m1/s1. The highest BCUT2D eigenvalue weighted by Crippen LogP contribution is 2.30. The van der Waals surface area contributed by atoms with E-state index in [1.807, 2.05) is 35.7 Å². The molecule has 1 N–H and O–H groups in total. The van der Waals surface area contributed by atoms with Crippen LogP contribution in [-0.2, 0) is 18.4 Å². The van der Waals surface area contributed by atoms with Crippen LogP contribution in [0.5, 0.6) is 0 Å². The maximum atomic E-state index is 13.0. The number of methoxy groups -OCH3 is 1. The van der Waals surface area contributed by atoms with Gasteiger partial charge in [-0.3, -0.25) is 9.89 Å². The van der Waals surface area contributed by atoms with Gasteiger partial charge < -0.3 is 14.2 Å². The molecule has 0 radical (unpaired) electrons. The number of rotatable bonds is 4. The molecule has 1 aliphatic heterocycles. The van der Waals surface area contributed by atoms with E-state index in [-0.39, 0.29) is 11.9 Å². The second kappa shape index (κ2) is 6.54. The molecule has 0 bridgehead atoms. The SMILES string of the molecule is COCc1nc([C@H]2CCCCN2C(=O)c2c(C)ccn2C)n[nH]1. The summed E-state index contributed by atoms with van der Waals surface area (Å²) < 4.78 is 6.96. The van der Waals surface area contributed by atoms with Crippen LogP contribution in [0.4, 0.5) is 0 Å². The van der Waals surface area contributed by atoms with E-state index in [0.29, 0.717) is 18.3 Å². The molecule has 2 aromatic rings. The van der Waals surface area contributed by atoms with Crippen LogP contribution in [0.15, 0.2) is 12.3 Å². The zero-order valence-corrected chi connectivity index (χ0v) is 13.9. The predicted octanol–water partition coefficient (Wildman–Crippen LogP) is 1.97. The molecule has 1 amide bonds. The molecule has 124 valence electrons. The second-order valence-corrected chi connectivity index (χ2v) is 6.04. The molecule has 1 atom stereocenters. The van der Waals surface area contributed by atoms with Gasteiger partial charge in [0.2, 0.25) is 0 Å². The molecule has 0 aliphatic carbocycles. The Morgan fingerprint density at radius 1 is 1.48 bits per heavy atom. The van der Waals surface area contributed by atoms with E-state index >= 15 is 0 Å². The van der Waals surface area contributed by atoms with Gasteiger partial charge >= 0.3 is 0 Å². The highest BCUT2D eigenvalue weighted by Gasteiger charge is 2.32. The number of aromatic amines is 1. The van der Waals surface area contributed by atoms with Crippen molar-refractivity contribution in [3.63, 3.8) is 0 Å². The molecule has 7 heteroatoms. The molecule has 2 aromatic heterocycles. The van der Waals surface area contributed by atoms with Crippen molar-refractivity contribution >= 4 is 5.91 Å². The first-order chi connectivity index (χ1) is 11.1. The van der Waals surface area contributed by atoms with Crippen molar-refractivity contribution in [2.45, 2.75) is 38.8 Å². The van der Waals surface area contributed by atoms with Gasteiger partial charge in [-0.2, -0.15) is 5.10 Å². The fraction of sp³-hybridized carbons (Fsp3) is 0.562. The first-order valence-electron chi connectivity index (χ1n) is 7.95. The van der Waals surface area contributed by atoms with Gasteiger partial charge in [0.15, 0.2) is 11.6 Å². The number of hydrogen-bond acceptors (Lipinski definition) is 4. The Hall–Kier alpha value is -2.15. The minimum atomic E-state index is -0.0765. The molecule has 23 heavy (non-hydrogen) atoms. The van der Waals surface area contributed by atoms with Crippen LogP contribution in [0.1, 0.15) is 53.0 Å². The average Bonchev–Trinajstić information content (AvgIpc) is 3.14. The van der Waals surface area contributed by atoms with E-state index in [1.54, 1.807) is 7.11 Å². The first kappa shape index (κ1) is 15.7. The fourth-order valence-corrected chi connectivity index (χ4v) is 3.21. The molecule has 0 aromatic carbocycles. The summed E-state index contributed by atoms with van der Waals surface area (Å²) >= 11 is 0. The van der Waals surface area contributed by atoms with Crippen molar-refractivity contribution in [3.05, 3.63) is 35.2 Å². The maximum absolute atomic E-state index is 13.0. The lowest BCUT2D eigenvalue weighted by molar-refractivity contribution is 0.0589. The van der Waals surface area contributed by atoms with Gasteiger partial charge in [0.05, 0.1) is 6.04 Å². The highest BCUT2D eigenvalue weighted by molar-refractivity contribution is 5.94. The van der Waals surface area contributed by atoms with Crippen molar-refractivity contribution in [1.82, 2.24) is 24.6 Å². The summed E-state index contributed by atoms with van der Waals surface area (Å²) in [6, 6.07) is 1.89. The fourth-order valence-electron chi connectivity index (χ4n) is 3.21. The minimum absolute atomic E-state index is 0.0535. The van der Waals surface area contributed by atoms with Crippen molar-refractivity contribution in [2.24, 2.45) is 7.05 Å². The van der Waals surface area contributed by atoms with E-state index in [2.05, 4.69) is 15.2 Å². The van der Waals surface area contributed by atoms with Crippen LogP contribution in [0.3, 0.4) is 0 Å². The van der Waals surface area contributed by atoms with Crippen LogP contribution in [0.2, 0.25) is 0 Å². The van der Waals surface area contributed by atoms with Gasteiger partial charge in [0.25, 0.3) is 5.91 Å². The minimum Gasteiger partial charge on any atom is -0.377 e. The summed E-state index contributed by atoms with van der Waals surface area (Å²) in [5, 5.41) is 7.19. The number of H-pyrrole nitrogens is 1. The summed E-state index contributed by atoms with van der Waals surface area (Å²) in [7, 11) is 3.53. The molecule has 3 rings (SSSR count). The molecule has 1 saturated heterocycles. The number of aryl methyl sites for hydroxylation is 2. The Balaban J connectivity index is 1.87. The molecular weight excluding hydrogens is 294 g/mol. The number of hydrogen-bond donors (Lipinski definition) is 1. The zero-order chi connectivity index (χ0) is 16.4. The van der Waals surface area contributed by atoms with Gasteiger partial charge in [0, 0.05) is 26.9 Å². The first-order valence-corrected chi connectivity index (χ1v) is 7.95. The molecule has 1 fully saturated rings. The monoisotopic (exact) mass is 317 g/mol. The molecule has 1 aliphatic rings. The molecular formula is C16H23N5O2. The van der Waals surface area contributed by atoms with Gasteiger partial charge in [-0.1, -0.05) is 0 Å². The van der Waals surface area contributed by atoms with Gasteiger partial charge in [-0.05, 0) is 37.8 Å². The third-order valence-corrected chi connectivity index (χ3v) is 4.37. The van der Waals surface area contributed by atoms with Gasteiger partial charge in [-0.25, -0.2) is 4.98 Å². The molecule has 0 spiro atoms. The number of nitrogens with zero attached hydrogens (tertiary/aromatic N) is 4. The smallest absolute Gasteiger partial charge is 0.271 e. The summed E-state index contributed by atoms with van der Waals surface area (Å²) in [6.07, 6.45) is 4.90. The van der Waals surface area contributed by atoms with Crippen molar-refractivity contribution < 1.29 is 9.53 Å². The van der Waals surface area contributed by atoms with Crippen LogP contribution >= 0.6 is 0 Å². The van der Waals surface area contributed by atoms with Crippen molar-refractivity contribution in [2.75, 3.05) is 13.7 Å². The number of nitrogens with one attached hydrogen (secondary N) is 1. The van der Waals surface area contributed by atoms with Crippen LogP contribution < -0.4 is 0 Å². The summed E-state index contributed by atoms with van der Waals surface area (Å²) in [5.74, 6) is 1.42. The quantitative estimate of drug-likeness (QED) is 0.935. The second-order valence-electron chi connectivity index (χ2n) is 6.04. The maximum Gasteiger partial charge on any atom is 0.271 e.